The van der Waals surface area contributed by atoms with Crippen LogP contribution in [0.25, 0.3) is 10.8 Å². The van der Waals surface area contributed by atoms with E-state index in [2.05, 4.69) is 4.98 Å². The zero-order chi connectivity index (χ0) is 11.1. The molecule has 16 heavy (non-hydrogen) atoms. The number of fused-ring (bicyclic) bond motifs is 1. The quantitative estimate of drug-likeness (QED) is 0.755. The highest BCUT2D eigenvalue weighted by Gasteiger charge is 2.15. The van der Waals surface area contributed by atoms with E-state index in [0.717, 1.165) is 6.20 Å². The van der Waals surface area contributed by atoms with Gasteiger partial charge in [-0.25, -0.2) is 12.8 Å². The average molecular weight is 282 g/mol. The summed E-state index contributed by atoms with van der Waals surface area (Å²) >= 11 is 0. The molecule has 2 rings (SSSR count). The van der Waals surface area contributed by atoms with Gasteiger partial charge in [0.1, 0.15) is 5.82 Å². The number of benzene rings is 1. The van der Waals surface area contributed by atoms with Gasteiger partial charge in [-0.05, 0) is 6.07 Å². The van der Waals surface area contributed by atoms with Crippen molar-refractivity contribution in [1.82, 2.24) is 4.98 Å². The van der Waals surface area contributed by atoms with Crippen LogP contribution in [0.1, 0.15) is 0 Å². The lowest BCUT2D eigenvalue weighted by atomic mass is 10.2. The van der Waals surface area contributed by atoms with Crippen LogP contribution < -0.4 is 0 Å². The van der Waals surface area contributed by atoms with Gasteiger partial charge in [-0.1, -0.05) is 12.1 Å². The Morgan fingerprint density at radius 1 is 1.19 bits per heavy atom. The minimum atomic E-state index is -3.88. The van der Waals surface area contributed by atoms with Gasteiger partial charge in [-0.15, -0.1) is 12.4 Å². The van der Waals surface area contributed by atoms with Gasteiger partial charge >= 0.3 is 0 Å². The Morgan fingerprint density at radius 3 is 2.50 bits per heavy atom. The Balaban J connectivity index is 0.00000128. The van der Waals surface area contributed by atoms with E-state index in [1.807, 2.05) is 0 Å². The molecule has 2 aromatic rings. The van der Waals surface area contributed by atoms with Crippen LogP contribution in [-0.4, -0.2) is 13.4 Å². The van der Waals surface area contributed by atoms with Crippen molar-refractivity contribution in [3.05, 3.63) is 36.4 Å². The van der Waals surface area contributed by atoms with Crippen molar-refractivity contribution in [2.75, 3.05) is 0 Å². The second kappa shape index (κ2) is 4.53. The molecule has 0 radical (unpaired) electrons. The van der Waals surface area contributed by atoms with Gasteiger partial charge in [0.05, 0.1) is 11.1 Å². The molecule has 1 heterocycles. The topological polar surface area (TPSA) is 47.0 Å². The molecule has 0 saturated carbocycles. The van der Waals surface area contributed by atoms with E-state index in [0.29, 0.717) is 0 Å². The van der Waals surface area contributed by atoms with Crippen LogP contribution in [0.3, 0.4) is 0 Å². The van der Waals surface area contributed by atoms with E-state index in [-0.39, 0.29) is 28.1 Å². The Morgan fingerprint density at radius 2 is 1.88 bits per heavy atom. The molecule has 0 bridgehead atoms. The first-order valence-corrected chi connectivity index (χ1v) is 6.28. The second-order valence-electron chi connectivity index (χ2n) is 2.91. The van der Waals surface area contributed by atoms with E-state index < -0.39 is 14.9 Å². The van der Waals surface area contributed by atoms with Crippen LogP contribution in [0.4, 0.5) is 4.39 Å². The summed E-state index contributed by atoms with van der Waals surface area (Å²) in [5, 5.41) is 0.374. The van der Waals surface area contributed by atoms with E-state index in [4.69, 9.17) is 10.7 Å². The molecule has 0 amide bonds. The normalized spacial score (nSPS) is 11.1. The zero-order valence-corrected chi connectivity index (χ0v) is 10.1. The molecule has 0 aliphatic carbocycles. The maximum absolute atomic E-state index is 13.3. The molecule has 0 fully saturated rings. The van der Waals surface area contributed by atoms with E-state index >= 15 is 0 Å². The van der Waals surface area contributed by atoms with Gasteiger partial charge in [0.25, 0.3) is 9.05 Å². The SMILES string of the molecule is Cl.O=S(=O)(Cl)c1cccc2c(F)cncc12. The van der Waals surface area contributed by atoms with Crippen molar-refractivity contribution >= 4 is 42.9 Å². The minimum Gasteiger partial charge on any atom is -0.261 e. The fourth-order valence-corrected chi connectivity index (χ4v) is 2.41. The predicted molar refractivity (Wildman–Crippen MR) is 62.0 cm³/mol. The molecular formula is C9H6Cl2FNO2S. The Bertz CT molecular complexity index is 630. The molecule has 3 nitrogen and oxygen atoms in total. The van der Waals surface area contributed by atoms with E-state index in [1.165, 1.54) is 24.4 Å². The summed E-state index contributed by atoms with van der Waals surface area (Å²) < 4.78 is 35.6. The first-order chi connectivity index (χ1) is 7.00. The van der Waals surface area contributed by atoms with Crippen LogP contribution in [0.15, 0.2) is 35.5 Å². The molecule has 0 aliphatic rings. The van der Waals surface area contributed by atoms with Gasteiger partial charge in [0, 0.05) is 27.7 Å². The minimum absolute atomic E-state index is 0. The molecule has 86 valence electrons. The van der Waals surface area contributed by atoms with Crippen molar-refractivity contribution in [2.45, 2.75) is 4.90 Å². The highest BCUT2D eigenvalue weighted by atomic mass is 35.7. The van der Waals surface area contributed by atoms with Gasteiger partial charge in [-0.2, -0.15) is 0 Å². The maximum Gasteiger partial charge on any atom is 0.261 e. The maximum atomic E-state index is 13.3. The van der Waals surface area contributed by atoms with E-state index in [1.54, 1.807) is 0 Å². The Hall–Kier alpha value is -0.910. The highest BCUT2D eigenvalue weighted by molar-refractivity contribution is 8.14. The lowest BCUT2D eigenvalue weighted by Crippen LogP contribution is -1.93. The van der Waals surface area contributed by atoms with Crippen LogP contribution in [0.2, 0.25) is 0 Å². The summed E-state index contributed by atoms with van der Waals surface area (Å²) in [4.78, 5) is 3.46. The summed E-state index contributed by atoms with van der Waals surface area (Å²) in [6, 6.07) is 4.21. The number of hydrogen-bond acceptors (Lipinski definition) is 3. The lowest BCUT2D eigenvalue weighted by Gasteiger charge is -2.02. The zero-order valence-electron chi connectivity index (χ0n) is 7.72. The standard InChI is InChI=1S/C9H5ClFNO2S.ClH/c10-15(13,14)9-3-1-2-6-7(9)4-12-5-8(6)11;/h1-5H;1H. The van der Waals surface area contributed by atoms with Gasteiger partial charge < -0.3 is 0 Å². The first kappa shape index (κ1) is 13.2. The Kier molecular flexibility index (Phi) is 3.72. The summed E-state index contributed by atoms with van der Waals surface area (Å²) in [5.74, 6) is -0.574. The van der Waals surface area contributed by atoms with Crippen LogP contribution >= 0.6 is 23.1 Å². The number of hydrogen-bond donors (Lipinski definition) is 0. The fraction of sp³-hybridized carbons (Fsp3) is 0. The van der Waals surface area contributed by atoms with Crippen molar-refractivity contribution in [2.24, 2.45) is 0 Å². The smallest absolute Gasteiger partial charge is 0.261 e. The highest BCUT2D eigenvalue weighted by Crippen LogP contribution is 2.26. The third-order valence-electron chi connectivity index (χ3n) is 1.98. The van der Waals surface area contributed by atoms with Crippen molar-refractivity contribution in [1.29, 1.82) is 0 Å². The summed E-state index contributed by atoms with van der Waals surface area (Å²) in [5.41, 5.74) is 0. The second-order valence-corrected chi connectivity index (χ2v) is 5.44. The van der Waals surface area contributed by atoms with Gasteiger partial charge in [0.15, 0.2) is 0 Å². The largest absolute Gasteiger partial charge is 0.261 e. The molecular weight excluding hydrogens is 276 g/mol. The number of aromatic nitrogens is 1. The predicted octanol–water partition coefficient (Wildman–Crippen LogP) is 2.72. The van der Waals surface area contributed by atoms with Crippen LogP contribution in [-0.2, 0) is 9.05 Å². The molecule has 1 aromatic heterocycles. The fourth-order valence-electron chi connectivity index (χ4n) is 1.34. The molecule has 0 spiro atoms. The van der Waals surface area contributed by atoms with Crippen molar-refractivity contribution in [3.63, 3.8) is 0 Å². The molecule has 0 unspecified atom stereocenters. The van der Waals surface area contributed by atoms with Gasteiger partial charge in [0.2, 0.25) is 0 Å². The first-order valence-electron chi connectivity index (χ1n) is 3.97. The molecule has 1 aromatic carbocycles. The number of halogens is 3. The van der Waals surface area contributed by atoms with Crippen molar-refractivity contribution in [3.8, 4) is 0 Å². The lowest BCUT2D eigenvalue weighted by molar-refractivity contribution is 0.610. The van der Waals surface area contributed by atoms with Gasteiger partial charge in [-0.3, -0.25) is 4.98 Å². The average Bonchev–Trinajstić information content (AvgIpc) is 2.16. The number of pyridine rings is 1. The van der Waals surface area contributed by atoms with Crippen LogP contribution in [0, 0.1) is 5.82 Å². The molecule has 7 heteroatoms. The number of nitrogens with zero attached hydrogens (tertiary/aromatic N) is 1. The third kappa shape index (κ3) is 2.26. The summed E-state index contributed by atoms with van der Waals surface area (Å²) in [6.07, 6.45) is 2.29. The summed E-state index contributed by atoms with van der Waals surface area (Å²) in [7, 11) is 1.33. The molecule has 0 aliphatic heterocycles. The summed E-state index contributed by atoms with van der Waals surface area (Å²) in [6.45, 7) is 0. The molecule has 0 atom stereocenters. The Labute approximate surface area is 102 Å². The monoisotopic (exact) mass is 281 g/mol. The molecule has 0 saturated heterocycles. The third-order valence-corrected chi connectivity index (χ3v) is 3.36. The van der Waals surface area contributed by atoms with E-state index in [9.17, 15) is 12.8 Å². The van der Waals surface area contributed by atoms with Crippen LogP contribution in [0.5, 0.6) is 0 Å². The van der Waals surface area contributed by atoms with Crippen molar-refractivity contribution < 1.29 is 12.8 Å². The number of rotatable bonds is 1. The molecule has 0 N–H and O–H groups in total.